The van der Waals surface area contributed by atoms with E-state index in [9.17, 15) is 9.59 Å². The quantitative estimate of drug-likeness (QED) is 0.484. The SMILES string of the molecule is COc1cc(OC)c(C(=O)OC(=O)c2c(OC)cc(OC)cc2OC)c(OC)c1. The standard InChI is InChI=1S/C20H22O9/c1-23-11-7-13(25-3)17(14(8-11)26-4)19(21)29-20(22)18-15(27-5)9-12(24-2)10-16(18)28-6/h7-10H,1-6H3. The zero-order valence-electron chi connectivity index (χ0n) is 17.0. The third-order valence-electron chi connectivity index (χ3n) is 4.02. The molecule has 0 radical (unpaired) electrons. The van der Waals surface area contributed by atoms with Gasteiger partial charge in [-0.2, -0.15) is 0 Å². The van der Waals surface area contributed by atoms with E-state index in [1.165, 1.54) is 66.9 Å². The van der Waals surface area contributed by atoms with Crippen LogP contribution in [0.15, 0.2) is 24.3 Å². The van der Waals surface area contributed by atoms with Gasteiger partial charge in [0.15, 0.2) is 0 Å². The van der Waals surface area contributed by atoms with Gasteiger partial charge in [-0.25, -0.2) is 9.59 Å². The second kappa shape index (κ2) is 9.54. The molecule has 0 unspecified atom stereocenters. The molecule has 0 fully saturated rings. The van der Waals surface area contributed by atoms with Crippen LogP contribution in [0.1, 0.15) is 20.7 Å². The molecule has 2 rings (SSSR count). The predicted molar refractivity (Wildman–Crippen MR) is 102 cm³/mol. The molecule has 156 valence electrons. The van der Waals surface area contributed by atoms with E-state index in [-0.39, 0.29) is 34.1 Å². The molecule has 0 aliphatic carbocycles. The lowest BCUT2D eigenvalue weighted by atomic mass is 10.1. The molecule has 0 N–H and O–H groups in total. The molecule has 0 amide bonds. The summed E-state index contributed by atoms with van der Waals surface area (Å²) in [5.41, 5.74) is -0.147. The normalized spacial score (nSPS) is 10.0. The highest BCUT2D eigenvalue weighted by atomic mass is 16.6. The smallest absolute Gasteiger partial charge is 0.353 e. The molecule has 0 aromatic heterocycles. The van der Waals surface area contributed by atoms with E-state index in [4.69, 9.17) is 33.2 Å². The van der Waals surface area contributed by atoms with Crippen LogP contribution in [0.3, 0.4) is 0 Å². The first kappa shape index (κ1) is 21.7. The molecular formula is C20H22O9. The van der Waals surface area contributed by atoms with Gasteiger partial charge in [0.1, 0.15) is 45.6 Å². The lowest BCUT2D eigenvalue weighted by Gasteiger charge is -2.16. The minimum Gasteiger partial charge on any atom is -0.496 e. The van der Waals surface area contributed by atoms with Gasteiger partial charge >= 0.3 is 11.9 Å². The first-order chi connectivity index (χ1) is 13.9. The number of esters is 2. The number of hydrogen-bond acceptors (Lipinski definition) is 9. The maximum atomic E-state index is 12.8. The van der Waals surface area contributed by atoms with Gasteiger partial charge in [0, 0.05) is 24.3 Å². The van der Waals surface area contributed by atoms with Crippen LogP contribution in [-0.4, -0.2) is 54.6 Å². The molecule has 0 saturated carbocycles. The molecule has 2 aromatic rings. The van der Waals surface area contributed by atoms with E-state index in [2.05, 4.69) is 0 Å². The Kier molecular flexibility index (Phi) is 7.13. The zero-order chi connectivity index (χ0) is 21.6. The fraction of sp³-hybridized carbons (Fsp3) is 0.300. The van der Waals surface area contributed by atoms with Crippen LogP contribution in [-0.2, 0) is 4.74 Å². The highest BCUT2D eigenvalue weighted by Gasteiger charge is 2.28. The molecule has 9 heteroatoms. The van der Waals surface area contributed by atoms with E-state index in [0.717, 1.165) is 0 Å². The monoisotopic (exact) mass is 406 g/mol. The summed E-state index contributed by atoms with van der Waals surface area (Å²) in [6, 6.07) is 5.88. The van der Waals surface area contributed by atoms with Gasteiger partial charge in [0.25, 0.3) is 0 Å². The van der Waals surface area contributed by atoms with Crippen molar-refractivity contribution in [2.75, 3.05) is 42.7 Å². The number of ether oxygens (including phenoxy) is 7. The van der Waals surface area contributed by atoms with E-state index in [1.807, 2.05) is 0 Å². The average Bonchev–Trinajstić information content (AvgIpc) is 2.76. The van der Waals surface area contributed by atoms with Crippen LogP contribution >= 0.6 is 0 Å². The van der Waals surface area contributed by atoms with Crippen LogP contribution in [0.25, 0.3) is 0 Å². The highest BCUT2D eigenvalue weighted by Crippen LogP contribution is 2.37. The summed E-state index contributed by atoms with van der Waals surface area (Å²) in [4.78, 5) is 25.5. The van der Waals surface area contributed by atoms with E-state index in [1.54, 1.807) is 0 Å². The number of methoxy groups -OCH3 is 6. The number of rotatable bonds is 8. The minimum absolute atomic E-state index is 0.0735. The maximum absolute atomic E-state index is 12.8. The Labute approximate surface area is 168 Å². The number of carbonyl (C=O) groups is 2. The van der Waals surface area contributed by atoms with Crippen molar-refractivity contribution in [1.82, 2.24) is 0 Å². The van der Waals surface area contributed by atoms with Crippen LogP contribution < -0.4 is 28.4 Å². The molecule has 0 heterocycles. The predicted octanol–water partition coefficient (Wildman–Crippen LogP) is 2.74. The minimum atomic E-state index is -0.980. The zero-order valence-corrected chi connectivity index (χ0v) is 17.0. The second-order valence-electron chi connectivity index (χ2n) is 5.49. The van der Waals surface area contributed by atoms with Gasteiger partial charge in [-0.15, -0.1) is 0 Å². The van der Waals surface area contributed by atoms with Gasteiger partial charge in [-0.05, 0) is 0 Å². The molecule has 0 aliphatic rings. The molecule has 2 aromatic carbocycles. The summed E-state index contributed by atoms with van der Waals surface area (Å²) in [7, 11) is 8.37. The Hall–Kier alpha value is -3.62. The third kappa shape index (κ3) is 4.45. The van der Waals surface area contributed by atoms with Crippen LogP contribution in [0.2, 0.25) is 0 Å². The van der Waals surface area contributed by atoms with Crippen LogP contribution in [0, 0.1) is 0 Å². The van der Waals surface area contributed by atoms with E-state index < -0.39 is 11.9 Å². The second-order valence-corrected chi connectivity index (χ2v) is 5.49. The van der Waals surface area contributed by atoms with Crippen LogP contribution in [0.5, 0.6) is 34.5 Å². The molecular weight excluding hydrogens is 384 g/mol. The molecule has 0 saturated heterocycles. The summed E-state index contributed by atoms with van der Waals surface area (Å²) in [5.74, 6) is -0.682. The molecule has 0 spiro atoms. The first-order valence-corrected chi connectivity index (χ1v) is 8.30. The lowest BCUT2D eigenvalue weighted by Crippen LogP contribution is -2.16. The number of benzene rings is 2. The van der Waals surface area contributed by atoms with Crippen molar-refractivity contribution >= 4 is 11.9 Å². The summed E-state index contributed by atoms with van der Waals surface area (Å²) in [6.45, 7) is 0. The Balaban J connectivity index is 2.46. The third-order valence-corrected chi connectivity index (χ3v) is 4.02. The molecule has 9 nitrogen and oxygen atoms in total. The van der Waals surface area contributed by atoms with Gasteiger partial charge in [0.05, 0.1) is 42.7 Å². The van der Waals surface area contributed by atoms with Gasteiger partial charge in [0.2, 0.25) is 0 Å². The Bertz CT molecular complexity index is 781. The summed E-state index contributed by atoms with van der Waals surface area (Å²) >= 11 is 0. The Morgan fingerprint density at radius 3 is 1.00 bits per heavy atom. The number of carbonyl (C=O) groups excluding carboxylic acids is 2. The van der Waals surface area contributed by atoms with E-state index in [0.29, 0.717) is 11.5 Å². The van der Waals surface area contributed by atoms with Crippen LogP contribution in [0.4, 0.5) is 0 Å². The number of hydrogen-bond donors (Lipinski definition) is 0. The van der Waals surface area contributed by atoms with Crippen molar-refractivity contribution in [2.24, 2.45) is 0 Å². The Morgan fingerprint density at radius 2 is 0.793 bits per heavy atom. The average molecular weight is 406 g/mol. The van der Waals surface area contributed by atoms with Crippen molar-refractivity contribution < 1.29 is 42.7 Å². The fourth-order valence-corrected chi connectivity index (χ4v) is 2.60. The van der Waals surface area contributed by atoms with Gasteiger partial charge in [-0.3, -0.25) is 0 Å². The molecule has 0 bridgehead atoms. The van der Waals surface area contributed by atoms with Crippen molar-refractivity contribution in [3.05, 3.63) is 35.4 Å². The first-order valence-electron chi connectivity index (χ1n) is 8.30. The maximum Gasteiger partial charge on any atom is 0.353 e. The summed E-state index contributed by atoms with van der Waals surface area (Å²) < 4.78 is 36.2. The molecule has 0 aliphatic heterocycles. The Morgan fingerprint density at radius 1 is 0.517 bits per heavy atom. The summed E-state index contributed by atoms with van der Waals surface area (Å²) in [6.07, 6.45) is 0. The molecule has 29 heavy (non-hydrogen) atoms. The fourth-order valence-electron chi connectivity index (χ4n) is 2.60. The van der Waals surface area contributed by atoms with Crippen molar-refractivity contribution in [2.45, 2.75) is 0 Å². The largest absolute Gasteiger partial charge is 0.496 e. The topological polar surface area (TPSA) is 98.8 Å². The van der Waals surface area contributed by atoms with Gasteiger partial charge < -0.3 is 33.2 Å². The lowest BCUT2D eigenvalue weighted by molar-refractivity contribution is 0.0389. The van der Waals surface area contributed by atoms with E-state index >= 15 is 0 Å². The van der Waals surface area contributed by atoms with Crippen molar-refractivity contribution in [1.29, 1.82) is 0 Å². The van der Waals surface area contributed by atoms with Crippen molar-refractivity contribution in [3.8, 4) is 34.5 Å². The van der Waals surface area contributed by atoms with Crippen molar-refractivity contribution in [3.63, 3.8) is 0 Å². The highest BCUT2D eigenvalue weighted by molar-refractivity contribution is 6.07. The van der Waals surface area contributed by atoms with Gasteiger partial charge in [-0.1, -0.05) is 0 Å². The summed E-state index contributed by atoms with van der Waals surface area (Å²) in [5, 5.41) is 0. The molecule has 0 atom stereocenters.